The Bertz CT molecular complexity index is 826. The first kappa shape index (κ1) is 18.3. The molecule has 1 heterocycles. The van der Waals surface area contributed by atoms with Gasteiger partial charge in [0, 0.05) is 18.1 Å². The second kappa shape index (κ2) is 7.02. The van der Waals surface area contributed by atoms with E-state index in [2.05, 4.69) is 23.5 Å². The van der Waals surface area contributed by atoms with Crippen molar-refractivity contribution < 1.29 is 14.3 Å². The molecule has 0 saturated heterocycles. The molecule has 1 atom stereocenters. The van der Waals surface area contributed by atoms with Crippen LogP contribution in [0.5, 0.6) is 11.5 Å². The monoisotopic (exact) mass is 353 g/mol. The van der Waals surface area contributed by atoms with Gasteiger partial charge in [-0.05, 0) is 51.0 Å². The zero-order valence-corrected chi connectivity index (χ0v) is 16.2. The van der Waals surface area contributed by atoms with E-state index in [4.69, 9.17) is 9.47 Å². The smallest absolute Gasteiger partial charge is 0.224 e. The van der Waals surface area contributed by atoms with Gasteiger partial charge in [-0.3, -0.25) is 4.79 Å². The third-order valence-corrected chi connectivity index (χ3v) is 4.87. The SMILES string of the molecule is COc1ccc2c(c1)OC(C)(C)CC2NC(=O)Cc1cc(C)ccc1C. The van der Waals surface area contributed by atoms with Gasteiger partial charge in [0.15, 0.2) is 0 Å². The van der Waals surface area contributed by atoms with Crippen molar-refractivity contribution >= 4 is 5.91 Å². The largest absolute Gasteiger partial charge is 0.497 e. The Morgan fingerprint density at radius 2 is 2.00 bits per heavy atom. The van der Waals surface area contributed by atoms with Gasteiger partial charge in [-0.15, -0.1) is 0 Å². The molecule has 26 heavy (non-hydrogen) atoms. The van der Waals surface area contributed by atoms with E-state index >= 15 is 0 Å². The Labute approximate surface area is 155 Å². The lowest BCUT2D eigenvalue weighted by molar-refractivity contribution is -0.121. The molecular weight excluding hydrogens is 326 g/mol. The number of fused-ring (bicyclic) bond motifs is 1. The van der Waals surface area contributed by atoms with Crippen LogP contribution in [-0.2, 0) is 11.2 Å². The molecule has 1 N–H and O–H groups in total. The molecule has 0 spiro atoms. The summed E-state index contributed by atoms with van der Waals surface area (Å²) in [5, 5.41) is 3.20. The van der Waals surface area contributed by atoms with Crippen LogP contribution < -0.4 is 14.8 Å². The zero-order chi connectivity index (χ0) is 18.9. The summed E-state index contributed by atoms with van der Waals surface area (Å²) in [6, 6.07) is 11.9. The Morgan fingerprint density at radius 1 is 1.23 bits per heavy atom. The van der Waals surface area contributed by atoms with Crippen molar-refractivity contribution in [2.75, 3.05) is 7.11 Å². The van der Waals surface area contributed by atoms with Gasteiger partial charge in [-0.25, -0.2) is 0 Å². The Morgan fingerprint density at radius 3 is 2.73 bits per heavy atom. The summed E-state index contributed by atoms with van der Waals surface area (Å²) in [7, 11) is 1.64. The first-order valence-electron chi connectivity index (χ1n) is 9.00. The highest BCUT2D eigenvalue weighted by atomic mass is 16.5. The molecule has 4 nitrogen and oxygen atoms in total. The average molecular weight is 353 g/mol. The molecule has 138 valence electrons. The van der Waals surface area contributed by atoms with Gasteiger partial charge in [0.1, 0.15) is 17.1 Å². The molecule has 0 saturated carbocycles. The minimum absolute atomic E-state index is 0.0307. The maximum atomic E-state index is 12.7. The Hall–Kier alpha value is -2.49. The molecule has 0 aliphatic carbocycles. The number of hydrogen-bond donors (Lipinski definition) is 1. The lowest BCUT2D eigenvalue weighted by Gasteiger charge is -2.38. The van der Waals surface area contributed by atoms with E-state index in [9.17, 15) is 4.79 Å². The van der Waals surface area contributed by atoms with Crippen LogP contribution in [0.25, 0.3) is 0 Å². The number of ether oxygens (including phenoxy) is 2. The summed E-state index contributed by atoms with van der Waals surface area (Å²) in [4.78, 5) is 12.7. The van der Waals surface area contributed by atoms with E-state index < -0.39 is 0 Å². The van der Waals surface area contributed by atoms with Gasteiger partial charge in [-0.2, -0.15) is 0 Å². The van der Waals surface area contributed by atoms with Crippen molar-refractivity contribution in [1.82, 2.24) is 5.32 Å². The maximum Gasteiger partial charge on any atom is 0.224 e. The summed E-state index contributed by atoms with van der Waals surface area (Å²) >= 11 is 0. The average Bonchev–Trinajstić information content (AvgIpc) is 2.56. The van der Waals surface area contributed by atoms with Crippen molar-refractivity contribution in [3.63, 3.8) is 0 Å². The van der Waals surface area contributed by atoms with Crippen LogP contribution >= 0.6 is 0 Å². The van der Waals surface area contributed by atoms with Crippen molar-refractivity contribution in [1.29, 1.82) is 0 Å². The molecule has 0 bridgehead atoms. The molecule has 3 rings (SSSR count). The van der Waals surface area contributed by atoms with E-state index in [1.807, 2.05) is 45.9 Å². The first-order valence-corrected chi connectivity index (χ1v) is 9.00. The van der Waals surface area contributed by atoms with Crippen LogP contribution in [0.2, 0.25) is 0 Å². The van der Waals surface area contributed by atoms with E-state index in [0.29, 0.717) is 6.42 Å². The first-order chi connectivity index (χ1) is 12.3. The van der Waals surface area contributed by atoms with Crippen LogP contribution in [0.4, 0.5) is 0 Å². The van der Waals surface area contributed by atoms with E-state index in [0.717, 1.165) is 34.6 Å². The fraction of sp³-hybridized carbons (Fsp3) is 0.409. The predicted octanol–water partition coefficient (Wildman–Crippen LogP) is 4.27. The maximum absolute atomic E-state index is 12.7. The quantitative estimate of drug-likeness (QED) is 0.893. The summed E-state index contributed by atoms with van der Waals surface area (Å²) < 4.78 is 11.4. The zero-order valence-electron chi connectivity index (χ0n) is 16.2. The standard InChI is InChI=1S/C22H27NO3/c1-14-6-7-15(2)16(10-14)11-21(24)23-19-13-22(3,4)26-20-12-17(25-5)8-9-18(19)20/h6-10,12,19H,11,13H2,1-5H3,(H,23,24). The molecule has 1 unspecified atom stereocenters. The summed E-state index contributed by atoms with van der Waals surface area (Å²) in [5.41, 5.74) is 4.03. The highest BCUT2D eigenvalue weighted by molar-refractivity contribution is 5.79. The molecular formula is C22H27NO3. The van der Waals surface area contributed by atoms with Gasteiger partial charge in [0.2, 0.25) is 5.91 Å². The van der Waals surface area contributed by atoms with E-state index in [-0.39, 0.29) is 17.6 Å². The number of amides is 1. The molecule has 0 aromatic heterocycles. The summed E-state index contributed by atoms with van der Waals surface area (Å²) in [5.74, 6) is 1.56. The summed E-state index contributed by atoms with van der Waals surface area (Å²) in [6.07, 6.45) is 1.11. The van der Waals surface area contributed by atoms with Gasteiger partial charge in [0.25, 0.3) is 0 Å². The molecule has 0 fully saturated rings. The Kier molecular flexibility index (Phi) is 4.94. The molecule has 2 aromatic rings. The fourth-order valence-electron chi connectivity index (χ4n) is 3.50. The number of nitrogens with one attached hydrogen (secondary N) is 1. The van der Waals surface area contributed by atoms with Gasteiger partial charge >= 0.3 is 0 Å². The van der Waals surface area contributed by atoms with Crippen molar-refractivity contribution in [2.24, 2.45) is 0 Å². The minimum atomic E-state index is -0.351. The van der Waals surface area contributed by atoms with Crippen LogP contribution in [-0.4, -0.2) is 18.6 Å². The normalized spacial score (nSPS) is 17.8. The van der Waals surface area contributed by atoms with E-state index in [1.54, 1.807) is 7.11 Å². The van der Waals surface area contributed by atoms with Crippen molar-refractivity contribution in [3.05, 3.63) is 58.7 Å². The highest BCUT2D eigenvalue weighted by Gasteiger charge is 2.34. The molecule has 2 aromatic carbocycles. The van der Waals surface area contributed by atoms with Crippen LogP contribution in [0.15, 0.2) is 36.4 Å². The Balaban J connectivity index is 1.81. The molecule has 1 amide bonds. The van der Waals surface area contributed by atoms with Crippen LogP contribution in [0.1, 0.15) is 48.6 Å². The topological polar surface area (TPSA) is 47.6 Å². The lowest BCUT2D eigenvalue weighted by Crippen LogP contribution is -2.41. The van der Waals surface area contributed by atoms with Crippen molar-refractivity contribution in [2.45, 2.75) is 52.2 Å². The number of hydrogen-bond acceptors (Lipinski definition) is 3. The predicted molar refractivity (Wildman–Crippen MR) is 103 cm³/mol. The number of methoxy groups -OCH3 is 1. The second-order valence-corrected chi connectivity index (χ2v) is 7.70. The summed E-state index contributed by atoms with van der Waals surface area (Å²) in [6.45, 7) is 8.17. The minimum Gasteiger partial charge on any atom is -0.497 e. The van der Waals surface area contributed by atoms with Crippen LogP contribution in [0, 0.1) is 13.8 Å². The van der Waals surface area contributed by atoms with Gasteiger partial charge < -0.3 is 14.8 Å². The number of carbonyl (C=O) groups excluding carboxylic acids is 1. The fourth-order valence-corrected chi connectivity index (χ4v) is 3.50. The van der Waals surface area contributed by atoms with Crippen LogP contribution in [0.3, 0.4) is 0 Å². The van der Waals surface area contributed by atoms with Gasteiger partial charge in [-0.1, -0.05) is 23.8 Å². The second-order valence-electron chi connectivity index (χ2n) is 7.70. The number of aryl methyl sites for hydroxylation is 2. The van der Waals surface area contributed by atoms with Crippen molar-refractivity contribution in [3.8, 4) is 11.5 Å². The number of benzene rings is 2. The highest BCUT2D eigenvalue weighted by Crippen LogP contribution is 2.41. The third kappa shape index (κ3) is 4.01. The number of rotatable bonds is 4. The third-order valence-electron chi connectivity index (χ3n) is 4.87. The lowest BCUT2D eigenvalue weighted by atomic mass is 9.89. The number of carbonyl (C=O) groups is 1. The van der Waals surface area contributed by atoms with Gasteiger partial charge in [0.05, 0.1) is 19.6 Å². The van der Waals surface area contributed by atoms with E-state index in [1.165, 1.54) is 5.56 Å². The molecule has 4 heteroatoms. The molecule has 1 aliphatic rings. The molecule has 0 radical (unpaired) electrons. The molecule has 1 aliphatic heterocycles.